The lowest BCUT2D eigenvalue weighted by Crippen LogP contribution is -2.41. The number of likely N-dealkylation sites (tertiary alicyclic amines) is 1. The molecule has 1 heterocycles. The van der Waals surface area contributed by atoms with E-state index >= 15 is 0 Å². The van der Waals surface area contributed by atoms with Gasteiger partial charge in [-0.15, -0.1) is 0 Å². The highest BCUT2D eigenvalue weighted by molar-refractivity contribution is 6.30. The summed E-state index contributed by atoms with van der Waals surface area (Å²) in [4.78, 5) is 28.0. The topological polar surface area (TPSA) is 40.6 Å². The molecule has 5 heteroatoms. The van der Waals surface area contributed by atoms with E-state index in [0.29, 0.717) is 24.5 Å². The summed E-state index contributed by atoms with van der Waals surface area (Å²) in [5.74, 6) is 0.362. The van der Waals surface area contributed by atoms with Gasteiger partial charge in [-0.2, -0.15) is 0 Å². The van der Waals surface area contributed by atoms with E-state index < -0.39 is 0 Å². The van der Waals surface area contributed by atoms with Crippen molar-refractivity contribution in [1.29, 1.82) is 0 Å². The van der Waals surface area contributed by atoms with Gasteiger partial charge in [0, 0.05) is 38.1 Å². The van der Waals surface area contributed by atoms with Crippen LogP contribution in [0.15, 0.2) is 24.3 Å². The van der Waals surface area contributed by atoms with Crippen LogP contribution < -0.4 is 0 Å². The Hall–Kier alpha value is -1.55. The number of rotatable bonds is 5. The van der Waals surface area contributed by atoms with Gasteiger partial charge in [0.1, 0.15) is 0 Å². The van der Waals surface area contributed by atoms with Gasteiger partial charge in [0.15, 0.2) is 0 Å². The molecule has 3 rings (SSSR count). The number of benzene rings is 1. The third-order valence-corrected chi connectivity index (χ3v) is 5.03. The van der Waals surface area contributed by atoms with E-state index in [0.717, 1.165) is 31.4 Å². The molecular formula is C17H21ClN2O2. The predicted octanol–water partition coefficient (Wildman–Crippen LogP) is 2.45. The summed E-state index contributed by atoms with van der Waals surface area (Å²) < 4.78 is 0. The first-order valence-corrected chi connectivity index (χ1v) is 8.20. The maximum Gasteiger partial charge on any atom is 0.233 e. The van der Waals surface area contributed by atoms with Gasteiger partial charge in [0.05, 0.1) is 5.41 Å². The average molecular weight is 321 g/mol. The normalized spacial score (nSPS) is 19.4. The van der Waals surface area contributed by atoms with Gasteiger partial charge in [-0.1, -0.05) is 23.7 Å². The number of hydrogen-bond acceptors (Lipinski definition) is 2. The Labute approximate surface area is 136 Å². The van der Waals surface area contributed by atoms with E-state index in [9.17, 15) is 9.59 Å². The number of carbonyl (C=O) groups excluding carboxylic acids is 2. The van der Waals surface area contributed by atoms with Gasteiger partial charge in [-0.3, -0.25) is 9.59 Å². The zero-order chi connectivity index (χ0) is 15.7. The molecule has 0 N–H and O–H groups in total. The minimum atomic E-state index is -0.367. The lowest BCUT2D eigenvalue weighted by molar-refractivity contribution is -0.134. The van der Waals surface area contributed by atoms with Crippen LogP contribution in [0.2, 0.25) is 5.02 Å². The second kappa shape index (κ2) is 5.92. The number of likely N-dealkylation sites (N-methyl/N-ethyl adjacent to an activating group) is 1. The summed E-state index contributed by atoms with van der Waals surface area (Å²) in [5, 5.41) is 0.688. The molecule has 1 saturated carbocycles. The molecule has 0 aromatic heterocycles. The van der Waals surface area contributed by atoms with Crippen molar-refractivity contribution >= 4 is 23.4 Å². The van der Waals surface area contributed by atoms with Crippen LogP contribution in [-0.4, -0.2) is 48.3 Å². The van der Waals surface area contributed by atoms with Gasteiger partial charge in [0.2, 0.25) is 11.8 Å². The van der Waals surface area contributed by atoms with Crippen LogP contribution in [0.3, 0.4) is 0 Å². The fraction of sp³-hybridized carbons (Fsp3) is 0.529. The molecule has 118 valence electrons. The van der Waals surface area contributed by atoms with E-state index in [2.05, 4.69) is 0 Å². The summed E-state index contributed by atoms with van der Waals surface area (Å²) in [6.07, 6.45) is 3.36. The molecule has 4 nitrogen and oxygen atoms in total. The third kappa shape index (κ3) is 2.84. The standard InChI is InChI=1S/C17H21ClN2O2/c1-19(11-12-20-10-2-3-15(20)21)16(22)17(8-9-17)13-4-6-14(18)7-5-13/h4-7H,2-3,8-12H2,1H3. The first-order valence-electron chi connectivity index (χ1n) is 7.82. The minimum absolute atomic E-state index is 0.154. The molecular weight excluding hydrogens is 300 g/mol. The highest BCUT2D eigenvalue weighted by Gasteiger charge is 2.52. The molecule has 0 radical (unpaired) electrons. The van der Waals surface area contributed by atoms with Gasteiger partial charge >= 0.3 is 0 Å². The second-order valence-corrected chi connectivity index (χ2v) is 6.74. The highest BCUT2D eigenvalue weighted by atomic mass is 35.5. The number of nitrogens with zero attached hydrogens (tertiary/aromatic N) is 2. The summed E-state index contributed by atoms with van der Waals surface area (Å²) in [6, 6.07) is 7.58. The van der Waals surface area contributed by atoms with Crippen molar-refractivity contribution in [1.82, 2.24) is 9.80 Å². The van der Waals surface area contributed by atoms with E-state index in [1.807, 2.05) is 36.2 Å². The Bertz CT molecular complexity index is 581. The minimum Gasteiger partial charge on any atom is -0.343 e. The quantitative estimate of drug-likeness (QED) is 0.836. The van der Waals surface area contributed by atoms with E-state index in [1.165, 1.54) is 0 Å². The predicted molar refractivity (Wildman–Crippen MR) is 85.8 cm³/mol. The molecule has 1 saturated heterocycles. The molecule has 2 amide bonds. The van der Waals surface area contributed by atoms with Gasteiger partial charge in [-0.25, -0.2) is 0 Å². The number of halogens is 1. The molecule has 2 fully saturated rings. The zero-order valence-electron chi connectivity index (χ0n) is 12.8. The molecule has 22 heavy (non-hydrogen) atoms. The molecule has 0 atom stereocenters. The third-order valence-electron chi connectivity index (χ3n) is 4.78. The summed E-state index contributed by atoms with van der Waals surface area (Å²) >= 11 is 5.93. The van der Waals surface area contributed by atoms with Crippen molar-refractivity contribution in [2.75, 3.05) is 26.7 Å². The summed E-state index contributed by atoms with van der Waals surface area (Å²) in [5.41, 5.74) is 0.681. The van der Waals surface area contributed by atoms with Gasteiger partial charge in [0.25, 0.3) is 0 Å². The van der Waals surface area contributed by atoms with Gasteiger partial charge < -0.3 is 9.80 Å². The lowest BCUT2D eigenvalue weighted by atomic mass is 9.94. The van der Waals surface area contributed by atoms with Crippen LogP contribution >= 0.6 is 11.6 Å². The molecule has 1 aliphatic carbocycles. The van der Waals surface area contributed by atoms with Gasteiger partial charge in [-0.05, 0) is 37.0 Å². The zero-order valence-corrected chi connectivity index (χ0v) is 13.6. The Balaban J connectivity index is 1.62. The average Bonchev–Trinajstić information content (AvgIpc) is 3.22. The Kier molecular flexibility index (Phi) is 4.13. The molecule has 1 aromatic carbocycles. The van der Waals surface area contributed by atoms with Crippen molar-refractivity contribution in [3.8, 4) is 0 Å². The first-order chi connectivity index (χ1) is 10.5. The van der Waals surface area contributed by atoms with Crippen LogP contribution in [0.1, 0.15) is 31.2 Å². The van der Waals surface area contributed by atoms with Crippen molar-refractivity contribution in [2.45, 2.75) is 31.1 Å². The molecule has 0 unspecified atom stereocenters. The fourth-order valence-electron chi connectivity index (χ4n) is 3.20. The molecule has 1 aromatic rings. The number of hydrogen-bond donors (Lipinski definition) is 0. The smallest absolute Gasteiger partial charge is 0.233 e. The number of amides is 2. The highest BCUT2D eigenvalue weighted by Crippen LogP contribution is 2.49. The molecule has 0 bridgehead atoms. The maximum absolute atomic E-state index is 12.8. The van der Waals surface area contributed by atoms with E-state index in [1.54, 1.807) is 4.90 Å². The Morgan fingerprint density at radius 1 is 1.32 bits per heavy atom. The van der Waals surface area contributed by atoms with Crippen molar-refractivity contribution in [3.05, 3.63) is 34.9 Å². The molecule has 1 aliphatic heterocycles. The lowest BCUT2D eigenvalue weighted by Gasteiger charge is -2.26. The van der Waals surface area contributed by atoms with Crippen LogP contribution in [-0.2, 0) is 15.0 Å². The van der Waals surface area contributed by atoms with Crippen LogP contribution in [0.5, 0.6) is 0 Å². The van der Waals surface area contributed by atoms with E-state index in [4.69, 9.17) is 11.6 Å². The summed E-state index contributed by atoms with van der Waals surface area (Å²) in [7, 11) is 1.83. The van der Waals surface area contributed by atoms with Crippen LogP contribution in [0.4, 0.5) is 0 Å². The van der Waals surface area contributed by atoms with Crippen LogP contribution in [0, 0.1) is 0 Å². The van der Waals surface area contributed by atoms with Crippen molar-refractivity contribution in [3.63, 3.8) is 0 Å². The SMILES string of the molecule is CN(CCN1CCCC1=O)C(=O)C1(c2ccc(Cl)cc2)CC1. The maximum atomic E-state index is 12.8. The molecule has 0 spiro atoms. The summed E-state index contributed by atoms with van der Waals surface area (Å²) in [6.45, 7) is 2.06. The fourth-order valence-corrected chi connectivity index (χ4v) is 3.32. The monoisotopic (exact) mass is 320 g/mol. The van der Waals surface area contributed by atoms with E-state index in [-0.39, 0.29) is 17.2 Å². The Morgan fingerprint density at radius 3 is 2.55 bits per heavy atom. The Morgan fingerprint density at radius 2 is 2.00 bits per heavy atom. The van der Waals surface area contributed by atoms with Crippen molar-refractivity contribution < 1.29 is 9.59 Å². The molecule has 2 aliphatic rings. The first kappa shape index (κ1) is 15.3. The number of carbonyl (C=O) groups is 2. The van der Waals surface area contributed by atoms with Crippen molar-refractivity contribution in [2.24, 2.45) is 0 Å². The second-order valence-electron chi connectivity index (χ2n) is 6.30. The van der Waals surface area contributed by atoms with Crippen LogP contribution in [0.25, 0.3) is 0 Å². The largest absolute Gasteiger partial charge is 0.343 e.